The molecule has 1 saturated heterocycles. The minimum absolute atomic E-state index is 0.0819. The minimum Gasteiger partial charge on any atom is -0.495 e. The van der Waals surface area contributed by atoms with Crippen LogP contribution in [0.15, 0.2) is 36.4 Å². The van der Waals surface area contributed by atoms with E-state index in [1.54, 1.807) is 7.11 Å². The predicted molar refractivity (Wildman–Crippen MR) is 110 cm³/mol. The van der Waals surface area contributed by atoms with Crippen molar-refractivity contribution in [2.75, 3.05) is 25.1 Å². The summed E-state index contributed by atoms with van der Waals surface area (Å²) in [6.45, 7) is 2.63. The summed E-state index contributed by atoms with van der Waals surface area (Å²) in [5.41, 5.74) is -0.169. The predicted octanol–water partition coefficient (Wildman–Crippen LogP) is 3.22. The van der Waals surface area contributed by atoms with Gasteiger partial charge in [-0.2, -0.15) is 0 Å². The van der Waals surface area contributed by atoms with Crippen LogP contribution in [-0.2, 0) is 0 Å². The normalized spacial score (nSPS) is 16.1. The van der Waals surface area contributed by atoms with Crippen molar-refractivity contribution in [3.05, 3.63) is 67.8 Å². The fourth-order valence-corrected chi connectivity index (χ4v) is 3.67. The Morgan fingerprint density at radius 3 is 2.40 bits per heavy atom. The summed E-state index contributed by atoms with van der Waals surface area (Å²) in [6, 6.07) is 9.54. The van der Waals surface area contributed by atoms with Gasteiger partial charge in [0.05, 0.1) is 28.2 Å². The summed E-state index contributed by atoms with van der Waals surface area (Å²) in [4.78, 5) is 35.9. The second-order valence-electron chi connectivity index (χ2n) is 7.08. The zero-order valence-corrected chi connectivity index (χ0v) is 16.7. The summed E-state index contributed by atoms with van der Waals surface area (Å²) in [5.74, 6) is 0.155. The number of rotatable bonds is 6. The van der Waals surface area contributed by atoms with E-state index in [0.29, 0.717) is 6.54 Å². The van der Waals surface area contributed by atoms with Crippen LogP contribution in [0, 0.1) is 27.2 Å². The van der Waals surface area contributed by atoms with E-state index in [1.165, 1.54) is 6.92 Å². The number of carbonyl (C=O) groups excluding carboxylic acids is 1. The van der Waals surface area contributed by atoms with Crippen LogP contribution in [0.1, 0.15) is 28.8 Å². The number of nitro groups is 2. The van der Waals surface area contributed by atoms with E-state index in [-0.39, 0.29) is 17.2 Å². The van der Waals surface area contributed by atoms with Gasteiger partial charge in [0.25, 0.3) is 17.3 Å². The van der Waals surface area contributed by atoms with Crippen molar-refractivity contribution in [2.24, 2.45) is 0 Å². The number of anilines is 1. The fraction of sp³-hybridized carbons (Fsp3) is 0.350. The van der Waals surface area contributed by atoms with Gasteiger partial charge in [0.1, 0.15) is 11.3 Å². The largest absolute Gasteiger partial charge is 0.495 e. The van der Waals surface area contributed by atoms with Crippen molar-refractivity contribution in [3.8, 4) is 5.75 Å². The fourth-order valence-electron chi connectivity index (χ4n) is 3.67. The van der Waals surface area contributed by atoms with E-state index >= 15 is 0 Å². The average molecular weight is 414 g/mol. The Balaban J connectivity index is 1.80. The lowest BCUT2D eigenvalue weighted by molar-refractivity contribution is -0.395. The average Bonchev–Trinajstić information content (AvgIpc) is 2.73. The Bertz CT molecular complexity index is 958. The summed E-state index contributed by atoms with van der Waals surface area (Å²) in [5, 5.41) is 25.4. The number of nitrogens with zero attached hydrogens (tertiary/aromatic N) is 3. The van der Waals surface area contributed by atoms with Crippen molar-refractivity contribution in [2.45, 2.75) is 25.8 Å². The number of ether oxygens (including phenoxy) is 1. The van der Waals surface area contributed by atoms with Gasteiger partial charge in [-0.3, -0.25) is 25.0 Å². The molecule has 1 aliphatic rings. The maximum absolute atomic E-state index is 12.7. The van der Waals surface area contributed by atoms with E-state index in [4.69, 9.17) is 4.74 Å². The SMILES string of the molecule is COc1ccccc1N1CCCC(NC(=O)c2cc([N+](=O)[O-])c(C)c([N+](=O)[O-])c2)C1. The number of hydrogen-bond donors (Lipinski definition) is 1. The lowest BCUT2D eigenvalue weighted by atomic mass is 10.0. The van der Waals surface area contributed by atoms with Crippen molar-refractivity contribution in [3.63, 3.8) is 0 Å². The second-order valence-corrected chi connectivity index (χ2v) is 7.08. The van der Waals surface area contributed by atoms with Gasteiger partial charge in [-0.15, -0.1) is 0 Å². The van der Waals surface area contributed by atoms with Gasteiger partial charge in [0.2, 0.25) is 0 Å². The van der Waals surface area contributed by atoms with Crippen LogP contribution in [0.3, 0.4) is 0 Å². The first-order valence-electron chi connectivity index (χ1n) is 9.44. The first-order chi connectivity index (χ1) is 14.3. The molecule has 30 heavy (non-hydrogen) atoms. The molecule has 10 nitrogen and oxygen atoms in total. The molecule has 10 heteroatoms. The number of para-hydroxylation sites is 2. The lowest BCUT2D eigenvalue weighted by Gasteiger charge is -2.35. The zero-order chi connectivity index (χ0) is 21.8. The molecule has 0 aliphatic carbocycles. The molecule has 1 amide bonds. The number of nitro benzene ring substituents is 2. The molecule has 0 aromatic heterocycles. The Hall–Kier alpha value is -3.69. The lowest BCUT2D eigenvalue weighted by Crippen LogP contribution is -2.48. The van der Waals surface area contributed by atoms with Gasteiger partial charge in [-0.25, -0.2) is 0 Å². The van der Waals surface area contributed by atoms with E-state index in [2.05, 4.69) is 10.2 Å². The maximum Gasteiger partial charge on any atom is 0.279 e. The van der Waals surface area contributed by atoms with Crippen molar-refractivity contribution < 1.29 is 19.4 Å². The van der Waals surface area contributed by atoms with Gasteiger partial charge < -0.3 is 15.0 Å². The smallest absolute Gasteiger partial charge is 0.279 e. The number of piperidine rings is 1. The monoisotopic (exact) mass is 414 g/mol. The number of nitrogens with one attached hydrogen (secondary N) is 1. The summed E-state index contributed by atoms with van der Waals surface area (Å²) < 4.78 is 5.41. The molecule has 3 rings (SSSR count). The van der Waals surface area contributed by atoms with Crippen LogP contribution in [0.5, 0.6) is 5.75 Å². The molecule has 1 fully saturated rings. The van der Waals surface area contributed by atoms with E-state index in [0.717, 1.165) is 43.0 Å². The van der Waals surface area contributed by atoms with E-state index in [1.807, 2.05) is 24.3 Å². The molecule has 1 heterocycles. The third kappa shape index (κ3) is 4.32. The topological polar surface area (TPSA) is 128 Å². The molecule has 1 atom stereocenters. The van der Waals surface area contributed by atoms with Crippen LogP contribution in [-0.4, -0.2) is 42.0 Å². The van der Waals surface area contributed by atoms with Crippen LogP contribution in [0.25, 0.3) is 0 Å². The highest BCUT2D eigenvalue weighted by atomic mass is 16.6. The van der Waals surface area contributed by atoms with Crippen molar-refractivity contribution in [1.29, 1.82) is 0 Å². The third-order valence-corrected chi connectivity index (χ3v) is 5.19. The molecular weight excluding hydrogens is 392 g/mol. The molecule has 1 unspecified atom stereocenters. The maximum atomic E-state index is 12.7. The summed E-state index contributed by atoms with van der Waals surface area (Å²) in [6.07, 6.45) is 1.56. The number of methoxy groups -OCH3 is 1. The van der Waals surface area contributed by atoms with Crippen LogP contribution >= 0.6 is 0 Å². The Morgan fingerprint density at radius 2 is 1.80 bits per heavy atom. The highest BCUT2D eigenvalue weighted by molar-refractivity contribution is 5.96. The Morgan fingerprint density at radius 1 is 1.17 bits per heavy atom. The highest BCUT2D eigenvalue weighted by Gasteiger charge is 2.28. The third-order valence-electron chi connectivity index (χ3n) is 5.19. The van der Waals surface area contributed by atoms with Gasteiger partial charge in [0.15, 0.2) is 0 Å². The summed E-state index contributed by atoms with van der Waals surface area (Å²) >= 11 is 0. The second kappa shape index (κ2) is 8.76. The van der Waals surface area contributed by atoms with Crippen molar-refractivity contribution >= 4 is 23.0 Å². The molecule has 2 aromatic carbocycles. The Kier molecular flexibility index (Phi) is 6.14. The van der Waals surface area contributed by atoms with Crippen LogP contribution in [0.2, 0.25) is 0 Å². The van der Waals surface area contributed by atoms with E-state index in [9.17, 15) is 25.0 Å². The van der Waals surface area contributed by atoms with E-state index < -0.39 is 27.1 Å². The molecule has 0 saturated carbocycles. The molecular formula is C20H22N4O6. The number of hydrogen-bond acceptors (Lipinski definition) is 7. The molecule has 2 aromatic rings. The van der Waals surface area contributed by atoms with Crippen LogP contribution in [0.4, 0.5) is 17.1 Å². The molecule has 0 bridgehead atoms. The molecule has 0 radical (unpaired) electrons. The number of benzene rings is 2. The van der Waals surface area contributed by atoms with Gasteiger partial charge >= 0.3 is 0 Å². The quantitative estimate of drug-likeness (QED) is 0.568. The molecule has 1 N–H and O–H groups in total. The highest BCUT2D eigenvalue weighted by Crippen LogP contribution is 2.31. The van der Waals surface area contributed by atoms with Crippen molar-refractivity contribution in [1.82, 2.24) is 5.32 Å². The van der Waals surface area contributed by atoms with Crippen LogP contribution < -0.4 is 15.0 Å². The van der Waals surface area contributed by atoms with Gasteiger partial charge in [0, 0.05) is 31.3 Å². The molecule has 1 aliphatic heterocycles. The minimum atomic E-state index is -0.719. The first-order valence-corrected chi connectivity index (χ1v) is 9.44. The first kappa shape index (κ1) is 21.0. The number of carbonyl (C=O) groups is 1. The van der Waals surface area contributed by atoms with Gasteiger partial charge in [-0.1, -0.05) is 12.1 Å². The number of amides is 1. The molecule has 0 spiro atoms. The standard InChI is InChI=1S/C20H22N4O6/c1-13-17(23(26)27)10-14(11-18(13)24(28)29)20(25)21-15-6-5-9-22(12-15)16-7-3-4-8-19(16)30-2/h3-4,7-8,10-11,15H,5-6,9,12H2,1-2H3,(H,21,25). The zero-order valence-electron chi connectivity index (χ0n) is 16.7. The summed E-state index contributed by atoms with van der Waals surface area (Å²) in [7, 11) is 1.60. The van der Waals surface area contributed by atoms with Gasteiger partial charge in [-0.05, 0) is 31.9 Å². The Labute approximate surface area is 172 Å². The molecule has 158 valence electrons.